The maximum absolute atomic E-state index is 13.0. The Morgan fingerprint density at radius 3 is 2.40 bits per heavy atom. The molecule has 0 aromatic carbocycles. The number of carboxylic acid groups (broad SMARTS) is 1. The topological polar surface area (TPSA) is 92.6 Å². The van der Waals surface area contributed by atoms with Gasteiger partial charge in [-0.1, -0.05) is 6.92 Å². The molecule has 1 amide bonds. The lowest BCUT2D eigenvalue weighted by Crippen LogP contribution is -2.46. The third-order valence-corrected chi connectivity index (χ3v) is 5.20. The Labute approximate surface area is 147 Å². The van der Waals surface area contributed by atoms with Crippen LogP contribution in [0.5, 0.6) is 0 Å². The molecule has 0 spiro atoms. The van der Waals surface area contributed by atoms with E-state index in [4.69, 9.17) is 9.84 Å². The summed E-state index contributed by atoms with van der Waals surface area (Å²) in [5.74, 6) is -0.631. The summed E-state index contributed by atoms with van der Waals surface area (Å²) in [5.41, 5.74) is 0.0373. The Morgan fingerprint density at radius 2 is 1.84 bits per heavy atom. The number of carbonyl (C=O) groups excluding carboxylic acids is 1. The summed E-state index contributed by atoms with van der Waals surface area (Å²) in [6.07, 6.45) is 8.68. The fourth-order valence-corrected chi connectivity index (χ4v) is 3.66. The number of hydrogen-bond acceptors (Lipinski definition) is 5. The van der Waals surface area contributed by atoms with Crippen LogP contribution in [0.25, 0.3) is 0 Å². The summed E-state index contributed by atoms with van der Waals surface area (Å²) in [6, 6.07) is 0.189. The second-order valence-corrected chi connectivity index (χ2v) is 7.10. The summed E-state index contributed by atoms with van der Waals surface area (Å²) in [7, 11) is 0. The lowest BCUT2D eigenvalue weighted by Gasteiger charge is -2.37. The van der Waals surface area contributed by atoms with Crippen molar-refractivity contribution in [3.05, 3.63) is 23.8 Å². The summed E-state index contributed by atoms with van der Waals surface area (Å²) >= 11 is 0. The van der Waals surface area contributed by atoms with Crippen LogP contribution in [-0.2, 0) is 4.74 Å². The summed E-state index contributed by atoms with van der Waals surface area (Å²) < 4.78 is 5.72. The number of carboxylic acids is 1. The fourth-order valence-electron chi connectivity index (χ4n) is 3.66. The predicted octanol–water partition coefficient (Wildman–Crippen LogP) is 2.37. The molecule has 2 aliphatic rings. The number of ether oxygens (including phenoxy) is 1. The Balaban J connectivity index is 1.76. The van der Waals surface area contributed by atoms with Crippen molar-refractivity contribution in [2.24, 2.45) is 5.92 Å². The van der Waals surface area contributed by atoms with Crippen LogP contribution in [0.1, 0.15) is 66.4 Å². The highest BCUT2D eigenvalue weighted by Gasteiger charge is 2.32. The molecule has 0 bridgehead atoms. The van der Waals surface area contributed by atoms with E-state index in [9.17, 15) is 9.59 Å². The highest BCUT2D eigenvalue weighted by molar-refractivity contribution is 5.93. The smallest absolute Gasteiger partial charge is 0.356 e. The Bertz CT molecular complexity index is 605. The molecule has 1 atom stereocenters. The first kappa shape index (κ1) is 17.8. The van der Waals surface area contributed by atoms with E-state index >= 15 is 0 Å². The van der Waals surface area contributed by atoms with Crippen LogP contribution >= 0.6 is 0 Å². The van der Waals surface area contributed by atoms with E-state index in [0.717, 1.165) is 51.3 Å². The van der Waals surface area contributed by atoms with Crippen LogP contribution in [0.15, 0.2) is 12.4 Å². The number of rotatable bonds is 5. The zero-order chi connectivity index (χ0) is 17.8. The maximum atomic E-state index is 13.0. The van der Waals surface area contributed by atoms with Gasteiger partial charge in [-0.2, -0.15) is 0 Å². The van der Waals surface area contributed by atoms with Crippen molar-refractivity contribution in [3.8, 4) is 0 Å². The highest BCUT2D eigenvalue weighted by atomic mass is 16.5. The third kappa shape index (κ3) is 4.34. The number of hydrogen-bond donors (Lipinski definition) is 1. The van der Waals surface area contributed by atoms with Crippen molar-refractivity contribution in [2.75, 3.05) is 13.2 Å². The first-order valence-corrected chi connectivity index (χ1v) is 9.02. The minimum absolute atomic E-state index is 0.0783. The fraction of sp³-hybridized carbons (Fsp3) is 0.667. The van der Waals surface area contributed by atoms with E-state index in [0.29, 0.717) is 12.5 Å². The zero-order valence-corrected chi connectivity index (χ0v) is 14.6. The SMILES string of the molecule is CC1CCC(N(CC2CCCO2)C(=O)c2cnc(C(=O)O)cn2)CC1. The number of nitrogens with zero attached hydrogens (tertiary/aromatic N) is 3. The van der Waals surface area contributed by atoms with Crippen molar-refractivity contribution < 1.29 is 19.4 Å². The second-order valence-electron chi connectivity index (χ2n) is 7.10. The molecule has 1 aromatic heterocycles. The zero-order valence-electron chi connectivity index (χ0n) is 14.6. The first-order chi connectivity index (χ1) is 12.0. The number of carbonyl (C=O) groups is 2. The van der Waals surface area contributed by atoms with Crippen LogP contribution in [0.2, 0.25) is 0 Å². The normalized spacial score (nSPS) is 26.4. The van der Waals surface area contributed by atoms with Gasteiger partial charge >= 0.3 is 5.97 Å². The van der Waals surface area contributed by atoms with E-state index < -0.39 is 5.97 Å². The number of aromatic nitrogens is 2. The molecule has 0 radical (unpaired) electrons. The Morgan fingerprint density at radius 1 is 1.16 bits per heavy atom. The third-order valence-electron chi connectivity index (χ3n) is 5.20. The summed E-state index contributed by atoms with van der Waals surface area (Å²) in [6.45, 7) is 3.57. The molecule has 136 valence electrons. The summed E-state index contributed by atoms with van der Waals surface area (Å²) in [5, 5.41) is 8.93. The molecule has 7 nitrogen and oxygen atoms in total. The van der Waals surface area contributed by atoms with Gasteiger partial charge in [0, 0.05) is 19.2 Å². The van der Waals surface area contributed by atoms with E-state index in [2.05, 4.69) is 16.9 Å². The second kappa shape index (κ2) is 7.91. The van der Waals surface area contributed by atoms with Crippen LogP contribution in [-0.4, -0.2) is 57.1 Å². The molecule has 2 heterocycles. The van der Waals surface area contributed by atoms with Gasteiger partial charge < -0.3 is 14.7 Å². The van der Waals surface area contributed by atoms with Gasteiger partial charge in [-0.3, -0.25) is 4.79 Å². The van der Waals surface area contributed by atoms with Gasteiger partial charge in [-0.15, -0.1) is 0 Å². The molecule has 1 unspecified atom stereocenters. The van der Waals surface area contributed by atoms with Crippen molar-refractivity contribution in [1.29, 1.82) is 0 Å². The van der Waals surface area contributed by atoms with Gasteiger partial charge in [0.05, 0.1) is 18.5 Å². The molecule has 1 saturated heterocycles. The monoisotopic (exact) mass is 347 g/mol. The maximum Gasteiger partial charge on any atom is 0.356 e. The van der Waals surface area contributed by atoms with Gasteiger partial charge in [0.15, 0.2) is 5.69 Å². The molecule has 3 rings (SSSR count). The molecule has 2 fully saturated rings. The van der Waals surface area contributed by atoms with Crippen molar-refractivity contribution in [1.82, 2.24) is 14.9 Å². The van der Waals surface area contributed by atoms with Crippen molar-refractivity contribution in [3.63, 3.8) is 0 Å². The lowest BCUT2D eigenvalue weighted by atomic mass is 9.86. The molecule has 1 N–H and O–H groups in total. The molecular formula is C18H25N3O4. The summed E-state index contributed by atoms with van der Waals surface area (Å²) in [4.78, 5) is 33.7. The minimum Gasteiger partial charge on any atom is -0.476 e. The highest BCUT2D eigenvalue weighted by Crippen LogP contribution is 2.29. The van der Waals surface area contributed by atoms with Gasteiger partial charge in [0.2, 0.25) is 0 Å². The van der Waals surface area contributed by atoms with Crippen LogP contribution in [0.3, 0.4) is 0 Å². The number of amides is 1. The van der Waals surface area contributed by atoms with Gasteiger partial charge in [0.25, 0.3) is 5.91 Å². The first-order valence-electron chi connectivity index (χ1n) is 9.02. The van der Waals surface area contributed by atoms with E-state index in [1.807, 2.05) is 4.90 Å². The molecule has 1 aliphatic carbocycles. The lowest BCUT2D eigenvalue weighted by molar-refractivity contribution is 0.0336. The van der Waals surface area contributed by atoms with E-state index in [1.165, 1.54) is 6.20 Å². The quantitative estimate of drug-likeness (QED) is 0.879. The molecule has 1 aromatic rings. The van der Waals surface area contributed by atoms with Crippen LogP contribution in [0.4, 0.5) is 0 Å². The van der Waals surface area contributed by atoms with Crippen LogP contribution < -0.4 is 0 Å². The van der Waals surface area contributed by atoms with Gasteiger partial charge in [-0.05, 0) is 44.4 Å². The number of aromatic carboxylic acids is 1. The largest absolute Gasteiger partial charge is 0.476 e. The Hall–Kier alpha value is -2.02. The molecule has 7 heteroatoms. The van der Waals surface area contributed by atoms with E-state index in [-0.39, 0.29) is 29.4 Å². The Kier molecular flexibility index (Phi) is 5.63. The minimum atomic E-state index is -1.15. The van der Waals surface area contributed by atoms with Crippen molar-refractivity contribution >= 4 is 11.9 Å². The van der Waals surface area contributed by atoms with Gasteiger partial charge in [0.1, 0.15) is 5.69 Å². The molecular weight excluding hydrogens is 322 g/mol. The average Bonchev–Trinajstić information content (AvgIpc) is 3.13. The van der Waals surface area contributed by atoms with Gasteiger partial charge in [-0.25, -0.2) is 14.8 Å². The predicted molar refractivity (Wildman–Crippen MR) is 90.4 cm³/mol. The van der Waals surface area contributed by atoms with E-state index in [1.54, 1.807) is 0 Å². The molecule has 1 saturated carbocycles. The standard InChI is InChI=1S/C18H25N3O4/c1-12-4-6-13(7-5-12)21(11-14-3-2-8-25-14)17(22)15-9-20-16(10-19-15)18(23)24/h9-10,12-14H,2-8,11H2,1H3,(H,23,24). The van der Waals surface area contributed by atoms with Crippen molar-refractivity contribution in [2.45, 2.75) is 57.6 Å². The molecule has 25 heavy (non-hydrogen) atoms. The average molecular weight is 347 g/mol. The molecule has 1 aliphatic heterocycles. The van der Waals surface area contributed by atoms with Crippen LogP contribution in [0, 0.1) is 5.92 Å².